The Balaban J connectivity index is 1.46. The maximum Gasteiger partial charge on any atom is 0.255 e. The average Bonchev–Trinajstić information content (AvgIpc) is 3.37. The fourth-order valence-corrected chi connectivity index (χ4v) is 5.32. The Bertz CT molecular complexity index is 1540. The molecule has 0 aliphatic carbocycles. The average molecular weight is 576 g/mol. The number of rotatable bonds is 10. The minimum Gasteiger partial charge on any atom is -0.495 e. The summed E-state index contributed by atoms with van der Waals surface area (Å²) in [5, 5.41) is 12.4. The van der Waals surface area contributed by atoms with Crippen molar-refractivity contribution in [1.29, 1.82) is 0 Å². The molecule has 1 atom stereocenters. The van der Waals surface area contributed by atoms with Crippen LogP contribution in [0.3, 0.4) is 0 Å². The summed E-state index contributed by atoms with van der Waals surface area (Å²) in [5.74, 6) is 2.50. The monoisotopic (exact) mass is 575 g/mol. The minimum atomic E-state index is -0.507. The lowest BCUT2D eigenvalue weighted by Crippen LogP contribution is -2.31. The van der Waals surface area contributed by atoms with Crippen LogP contribution in [0.5, 0.6) is 11.5 Å². The van der Waals surface area contributed by atoms with E-state index in [1.54, 1.807) is 23.6 Å². The van der Waals surface area contributed by atoms with Gasteiger partial charge >= 0.3 is 0 Å². The Morgan fingerprint density at radius 1 is 1.10 bits per heavy atom. The molecule has 0 bridgehead atoms. The van der Waals surface area contributed by atoms with Gasteiger partial charge in [-0.3, -0.25) is 4.79 Å². The number of halogens is 1. The second kappa shape index (κ2) is 12.5. The number of para-hydroxylation sites is 2. The van der Waals surface area contributed by atoms with E-state index in [1.807, 2.05) is 79.7 Å². The van der Waals surface area contributed by atoms with E-state index in [4.69, 9.17) is 26.2 Å². The van der Waals surface area contributed by atoms with Gasteiger partial charge in [0.2, 0.25) is 11.1 Å². The van der Waals surface area contributed by atoms with E-state index in [1.165, 1.54) is 0 Å². The smallest absolute Gasteiger partial charge is 0.255 e. The van der Waals surface area contributed by atoms with Gasteiger partial charge in [0, 0.05) is 22.0 Å². The molecule has 3 aromatic carbocycles. The van der Waals surface area contributed by atoms with E-state index in [0.717, 1.165) is 23.3 Å². The number of hydrogen-bond donors (Lipinski definition) is 2. The molecule has 4 aromatic rings. The van der Waals surface area contributed by atoms with Crippen LogP contribution < -0.4 is 20.1 Å². The molecule has 1 aromatic heterocycles. The van der Waals surface area contributed by atoms with Crippen LogP contribution >= 0.6 is 23.4 Å². The van der Waals surface area contributed by atoms with Crippen LogP contribution in [0.4, 0.5) is 11.6 Å². The van der Waals surface area contributed by atoms with Gasteiger partial charge in [-0.15, -0.1) is 5.10 Å². The number of aromatic nitrogens is 3. The van der Waals surface area contributed by atoms with Gasteiger partial charge < -0.3 is 20.1 Å². The molecule has 0 saturated carbocycles. The largest absolute Gasteiger partial charge is 0.495 e. The number of nitrogens with one attached hydrogen (secondary N) is 2. The standard InChI is InChI=1S/C30H30ClN5O3S/c1-4-17-40-30-34-29-32-19(2)26(28(37)33-24-11-7-8-12-25(24)38-3)27(36(29)35-30)20-13-15-22(16-14-20)39-18-21-9-5-6-10-23(21)31/h5-16,27H,4,17-18H2,1-3H3,(H,33,37)(H,32,34,35). The Morgan fingerprint density at radius 3 is 2.60 bits per heavy atom. The molecule has 1 amide bonds. The molecule has 8 nitrogen and oxygen atoms in total. The number of hydrogen-bond acceptors (Lipinski definition) is 7. The maximum atomic E-state index is 13.8. The summed E-state index contributed by atoms with van der Waals surface area (Å²) in [6.07, 6.45) is 1.00. The number of nitrogens with zero attached hydrogens (tertiary/aromatic N) is 3. The zero-order valence-electron chi connectivity index (χ0n) is 22.5. The Morgan fingerprint density at radius 2 is 1.85 bits per heavy atom. The molecule has 0 fully saturated rings. The van der Waals surface area contributed by atoms with Crippen molar-refractivity contribution in [2.24, 2.45) is 0 Å². The van der Waals surface area contributed by atoms with Crippen LogP contribution in [0.2, 0.25) is 5.02 Å². The molecule has 0 radical (unpaired) electrons. The van der Waals surface area contributed by atoms with Crippen molar-refractivity contribution in [2.45, 2.75) is 38.1 Å². The lowest BCUT2D eigenvalue weighted by molar-refractivity contribution is -0.113. The number of amides is 1. The summed E-state index contributed by atoms with van der Waals surface area (Å²) in [7, 11) is 1.58. The van der Waals surface area contributed by atoms with E-state index in [-0.39, 0.29) is 5.91 Å². The molecular formula is C30H30ClN5O3S. The Kier molecular flexibility index (Phi) is 8.62. The predicted octanol–water partition coefficient (Wildman–Crippen LogP) is 6.95. The van der Waals surface area contributed by atoms with Gasteiger partial charge in [-0.25, -0.2) is 4.68 Å². The molecule has 0 saturated heterocycles. The first-order chi connectivity index (χ1) is 19.5. The first-order valence-electron chi connectivity index (χ1n) is 13.0. The molecule has 1 unspecified atom stereocenters. The summed E-state index contributed by atoms with van der Waals surface area (Å²) in [5.41, 5.74) is 3.59. The maximum absolute atomic E-state index is 13.8. The summed E-state index contributed by atoms with van der Waals surface area (Å²) >= 11 is 7.87. The van der Waals surface area contributed by atoms with Crippen molar-refractivity contribution in [3.63, 3.8) is 0 Å². The van der Waals surface area contributed by atoms with E-state index in [0.29, 0.717) is 51.2 Å². The van der Waals surface area contributed by atoms with Crippen molar-refractivity contribution >= 4 is 40.9 Å². The van der Waals surface area contributed by atoms with Gasteiger partial charge in [0.1, 0.15) is 24.1 Å². The molecule has 2 N–H and O–H groups in total. The summed E-state index contributed by atoms with van der Waals surface area (Å²) < 4.78 is 13.2. The third-order valence-electron chi connectivity index (χ3n) is 6.42. The minimum absolute atomic E-state index is 0.262. The van der Waals surface area contributed by atoms with Crippen LogP contribution in [0, 0.1) is 0 Å². The highest BCUT2D eigenvalue weighted by molar-refractivity contribution is 7.99. The number of allylic oxidation sites excluding steroid dienone is 1. The zero-order valence-corrected chi connectivity index (χ0v) is 24.1. The van der Waals surface area contributed by atoms with Crippen LogP contribution in [0.15, 0.2) is 89.2 Å². The number of thioether (sulfide) groups is 1. The second-order valence-corrected chi connectivity index (χ2v) is 10.7. The van der Waals surface area contributed by atoms with Crippen molar-refractivity contribution in [2.75, 3.05) is 23.5 Å². The summed E-state index contributed by atoms with van der Waals surface area (Å²) in [6.45, 7) is 4.34. The van der Waals surface area contributed by atoms with Gasteiger partial charge in [-0.1, -0.05) is 72.8 Å². The molecule has 5 rings (SSSR count). The number of fused-ring (bicyclic) bond motifs is 1. The molecule has 40 heavy (non-hydrogen) atoms. The zero-order chi connectivity index (χ0) is 28.1. The van der Waals surface area contributed by atoms with E-state index in [2.05, 4.69) is 22.5 Å². The third kappa shape index (κ3) is 5.95. The first kappa shape index (κ1) is 27.6. The Hall–Kier alpha value is -3.95. The topological polar surface area (TPSA) is 90.3 Å². The highest BCUT2D eigenvalue weighted by Crippen LogP contribution is 2.38. The van der Waals surface area contributed by atoms with E-state index in [9.17, 15) is 4.79 Å². The van der Waals surface area contributed by atoms with Crippen LogP contribution in [0.1, 0.15) is 37.4 Å². The number of carbonyl (C=O) groups excluding carboxylic acids is 1. The molecule has 10 heteroatoms. The quantitative estimate of drug-likeness (QED) is 0.198. The molecule has 0 spiro atoms. The molecule has 1 aliphatic heterocycles. The van der Waals surface area contributed by atoms with Crippen LogP contribution in [-0.4, -0.2) is 33.5 Å². The SMILES string of the molecule is CCCSc1nc2n(n1)C(c1ccc(OCc3ccccc3Cl)cc1)C(C(=O)Nc1ccccc1OC)=C(C)N2. The fourth-order valence-electron chi connectivity index (χ4n) is 4.45. The number of carbonyl (C=O) groups is 1. The van der Waals surface area contributed by atoms with Gasteiger partial charge in [0.05, 0.1) is 18.4 Å². The van der Waals surface area contributed by atoms with Gasteiger partial charge in [-0.2, -0.15) is 4.98 Å². The van der Waals surface area contributed by atoms with Crippen molar-refractivity contribution < 1.29 is 14.3 Å². The number of anilines is 2. The molecule has 1 aliphatic rings. The van der Waals surface area contributed by atoms with Gasteiger partial charge in [-0.05, 0) is 49.2 Å². The van der Waals surface area contributed by atoms with Crippen molar-refractivity contribution in [3.8, 4) is 11.5 Å². The normalized spacial score (nSPS) is 14.3. The van der Waals surface area contributed by atoms with Crippen LogP contribution in [-0.2, 0) is 11.4 Å². The molecule has 206 valence electrons. The second-order valence-electron chi connectivity index (χ2n) is 9.18. The highest BCUT2D eigenvalue weighted by Gasteiger charge is 2.34. The third-order valence-corrected chi connectivity index (χ3v) is 7.83. The number of benzene rings is 3. The summed E-state index contributed by atoms with van der Waals surface area (Å²) in [4.78, 5) is 18.5. The van der Waals surface area contributed by atoms with Crippen molar-refractivity contribution in [3.05, 3.63) is 100 Å². The predicted molar refractivity (Wildman–Crippen MR) is 159 cm³/mol. The van der Waals surface area contributed by atoms with E-state index >= 15 is 0 Å². The first-order valence-corrected chi connectivity index (χ1v) is 14.3. The summed E-state index contributed by atoms with van der Waals surface area (Å²) in [6, 6.07) is 22.1. The highest BCUT2D eigenvalue weighted by atomic mass is 35.5. The molecule has 2 heterocycles. The lowest BCUT2D eigenvalue weighted by Gasteiger charge is -2.29. The van der Waals surface area contributed by atoms with Crippen LogP contribution in [0.25, 0.3) is 0 Å². The number of ether oxygens (including phenoxy) is 2. The fraction of sp³-hybridized carbons (Fsp3) is 0.233. The van der Waals surface area contributed by atoms with E-state index < -0.39 is 6.04 Å². The van der Waals surface area contributed by atoms with Gasteiger partial charge in [0.25, 0.3) is 5.91 Å². The van der Waals surface area contributed by atoms with Gasteiger partial charge in [0.15, 0.2) is 0 Å². The number of methoxy groups -OCH3 is 1. The molecular weight excluding hydrogens is 546 g/mol. The lowest BCUT2D eigenvalue weighted by atomic mass is 9.95. The Labute approximate surface area is 242 Å². The van der Waals surface area contributed by atoms with Crippen molar-refractivity contribution in [1.82, 2.24) is 14.8 Å².